The largest absolute Gasteiger partial charge is 0.373 e. The van der Waals surface area contributed by atoms with Crippen LogP contribution in [0.3, 0.4) is 0 Å². The van der Waals surface area contributed by atoms with Crippen LogP contribution in [0, 0.1) is 0 Å². The maximum atomic E-state index is 12.4. The van der Waals surface area contributed by atoms with Gasteiger partial charge in [0.1, 0.15) is 6.10 Å². The molecule has 7 nitrogen and oxygen atoms in total. The molecule has 21 heavy (non-hydrogen) atoms. The molecule has 0 aliphatic carbocycles. The van der Waals surface area contributed by atoms with Crippen molar-refractivity contribution in [3.05, 3.63) is 0 Å². The van der Waals surface area contributed by atoms with Crippen molar-refractivity contribution in [2.45, 2.75) is 38.1 Å². The van der Waals surface area contributed by atoms with Gasteiger partial charge in [-0.25, -0.2) is 0 Å². The van der Waals surface area contributed by atoms with E-state index < -0.39 is 0 Å². The lowest BCUT2D eigenvalue weighted by Gasteiger charge is -2.35. The lowest BCUT2D eigenvalue weighted by atomic mass is 10.1. The SMILES string of the molecule is C[C@@H]1CC[C@@H](C(=O)N2CCO[C@@H](CN(C)CC(N)=O)C2)O1. The summed E-state index contributed by atoms with van der Waals surface area (Å²) in [7, 11) is 1.82. The molecule has 0 aromatic carbocycles. The number of likely N-dealkylation sites (N-methyl/N-ethyl adjacent to an activating group) is 1. The molecule has 0 spiro atoms. The molecular formula is C14H25N3O4. The highest BCUT2D eigenvalue weighted by atomic mass is 16.5. The molecule has 0 radical (unpaired) electrons. The van der Waals surface area contributed by atoms with E-state index in [1.807, 2.05) is 23.8 Å². The second kappa shape index (κ2) is 7.20. The van der Waals surface area contributed by atoms with Gasteiger partial charge in [0, 0.05) is 19.6 Å². The molecule has 2 rings (SSSR count). The van der Waals surface area contributed by atoms with Crippen molar-refractivity contribution in [3.8, 4) is 0 Å². The van der Waals surface area contributed by atoms with Gasteiger partial charge in [0.15, 0.2) is 0 Å². The minimum absolute atomic E-state index is 0.0604. The predicted molar refractivity (Wildman–Crippen MR) is 76.6 cm³/mol. The average molecular weight is 299 g/mol. The fourth-order valence-electron chi connectivity index (χ4n) is 2.90. The molecule has 2 amide bonds. The Morgan fingerprint density at radius 2 is 2.14 bits per heavy atom. The molecule has 2 fully saturated rings. The minimum Gasteiger partial charge on any atom is -0.373 e. The van der Waals surface area contributed by atoms with E-state index in [0.29, 0.717) is 26.2 Å². The van der Waals surface area contributed by atoms with Crippen molar-refractivity contribution < 1.29 is 19.1 Å². The number of carbonyl (C=O) groups is 2. The van der Waals surface area contributed by atoms with Crippen molar-refractivity contribution in [1.82, 2.24) is 9.80 Å². The Balaban J connectivity index is 1.82. The summed E-state index contributed by atoms with van der Waals surface area (Å²) in [4.78, 5) is 26.9. The number of amides is 2. The molecule has 7 heteroatoms. The third-order valence-electron chi connectivity index (χ3n) is 3.90. The highest BCUT2D eigenvalue weighted by Crippen LogP contribution is 2.21. The van der Waals surface area contributed by atoms with Gasteiger partial charge in [-0.05, 0) is 26.8 Å². The van der Waals surface area contributed by atoms with Crippen LogP contribution in [0.4, 0.5) is 0 Å². The maximum Gasteiger partial charge on any atom is 0.251 e. The third-order valence-corrected chi connectivity index (χ3v) is 3.90. The Labute approximate surface area is 125 Å². The Hall–Kier alpha value is -1.18. The van der Waals surface area contributed by atoms with Gasteiger partial charge in [0.25, 0.3) is 5.91 Å². The molecule has 2 N–H and O–H groups in total. The topological polar surface area (TPSA) is 85.1 Å². The lowest BCUT2D eigenvalue weighted by molar-refractivity contribution is -0.150. The number of nitrogens with two attached hydrogens (primary N) is 1. The Morgan fingerprint density at radius 3 is 2.76 bits per heavy atom. The molecule has 2 heterocycles. The van der Waals surface area contributed by atoms with Crippen molar-refractivity contribution in [3.63, 3.8) is 0 Å². The summed E-state index contributed by atoms with van der Waals surface area (Å²) >= 11 is 0. The maximum absolute atomic E-state index is 12.4. The van der Waals surface area contributed by atoms with Gasteiger partial charge in [0.05, 0.1) is 25.4 Å². The van der Waals surface area contributed by atoms with Crippen LogP contribution in [0.5, 0.6) is 0 Å². The number of hydrogen-bond donors (Lipinski definition) is 1. The van der Waals surface area contributed by atoms with E-state index in [9.17, 15) is 9.59 Å². The third kappa shape index (κ3) is 4.66. The zero-order valence-corrected chi connectivity index (χ0v) is 12.8. The molecule has 0 unspecified atom stereocenters. The summed E-state index contributed by atoms with van der Waals surface area (Å²) in [5.41, 5.74) is 5.17. The summed E-state index contributed by atoms with van der Waals surface area (Å²) in [6, 6.07) is 0. The van der Waals surface area contributed by atoms with Gasteiger partial charge in [-0.3, -0.25) is 14.5 Å². The van der Waals surface area contributed by atoms with E-state index in [1.165, 1.54) is 0 Å². The first-order valence-corrected chi connectivity index (χ1v) is 7.48. The second-order valence-electron chi connectivity index (χ2n) is 5.95. The van der Waals surface area contributed by atoms with Gasteiger partial charge in [-0.2, -0.15) is 0 Å². The van der Waals surface area contributed by atoms with Crippen molar-refractivity contribution in [2.24, 2.45) is 5.73 Å². The van der Waals surface area contributed by atoms with Gasteiger partial charge in [0.2, 0.25) is 5.91 Å². The van der Waals surface area contributed by atoms with Crippen LogP contribution in [0.25, 0.3) is 0 Å². The molecule has 2 aliphatic heterocycles. The number of morpholine rings is 1. The molecule has 2 aliphatic rings. The first-order chi connectivity index (χ1) is 9.95. The average Bonchev–Trinajstić information content (AvgIpc) is 2.84. The monoisotopic (exact) mass is 299 g/mol. The fourth-order valence-corrected chi connectivity index (χ4v) is 2.90. The zero-order chi connectivity index (χ0) is 15.4. The molecule has 2 saturated heterocycles. The normalized spacial score (nSPS) is 29.9. The summed E-state index contributed by atoms with van der Waals surface area (Å²) in [5, 5.41) is 0. The molecule has 3 atom stereocenters. The lowest BCUT2D eigenvalue weighted by Crippen LogP contribution is -2.52. The highest BCUT2D eigenvalue weighted by molar-refractivity contribution is 5.81. The van der Waals surface area contributed by atoms with E-state index in [1.54, 1.807) is 0 Å². The van der Waals surface area contributed by atoms with Crippen LogP contribution >= 0.6 is 0 Å². The standard InChI is InChI=1S/C14H25N3O4/c1-10-3-4-12(21-10)14(19)17-5-6-20-11(8-17)7-16(2)9-13(15)18/h10-12H,3-9H2,1-2H3,(H2,15,18)/t10-,11+,12+/m1/s1. The molecule has 0 bridgehead atoms. The van der Waals surface area contributed by atoms with Crippen LogP contribution in [-0.4, -0.2) is 79.8 Å². The quantitative estimate of drug-likeness (QED) is 0.718. The van der Waals surface area contributed by atoms with Gasteiger partial charge in [-0.1, -0.05) is 0 Å². The summed E-state index contributed by atoms with van der Waals surface area (Å²) < 4.78 is 11.3. The number of rotatable bonds is 5. The Morgan fingerprint density at radius 1 is 1.38 bits per heavy atom. The second-order valence-corrected chi connectivity index (χ2v) is 5.95. The molecular weight excluding hydrogens is 274 g/mol. The molecule has 0 aromatic rings. The number of ether oxygens (including phenoxy) is 2. The van der Waals surface area contributed by atoms with Crippen molar-refractivity contribution in [1.29, 1.82) is 0 Å². The zero-order valence-electron chi connectivity index (χ0n) is 12.8. The Kier molecular flexibility index (Phi) is 5.55. The fraction of sp³-hybridized carbons (Fsp3) is 0.857. The number of carbonyl (C=O) groups excluding carboxylic acids is 2. The van der Waals surface area contributed by atoms with E-state index in [-0.39, 0.29) is 36.7 Å². The van der Waals surface area contributed by atoms with Crippen LogP contribution in [-0.2, 0) is 19.1 Å². The van der Waals surface area contributed by atoms with Gasteiger partial charge < -0.3 is 20.1 Å². The van der Waals surface area contributed by atoms with E-state index in [2.05, 4.69) is 0 Å². The van der Waals surface area contributed by atoms with Gasteiger partial charge >= 0.3 is 0 Å². The molecule has 0 saturated carbocycles. The number of primary amides is 1. The molecule has 120 valence electrons. The minimum atomic E-state index is -0.366. The van der Waals surface area contributed by atoms with Gasteiger partial charge in [-0.15, -0.1) is 0 Å². The first kappa shape index (κ1) is 16.2. The van der Waals surface area contributed by atoms with E-state index in [0.717, 1.165) is 12.8 Å². The van der Waals surface area contributed by atoms with Crippen LogP contribution in [0.1, 0.15) is 19.8 Å². The first-order valence-electron chi connectivity index (χ1n) is 7.48. The Bertz CT molecular complexity index is 390. The number of nitrogens with zero attached hydrogens (tertiary/aromatic N) is 2. The van der Waals surface area contributed by atoms with Crippen LogP contribution in [0.15, 0.2) is 0 Å². The van der Waals surface area contributed by atoms with Crippen LogP contribution < -0.4 is 5.73 Å². The van der Waals surface area contributed by atoms with Crippen LogP contribution in [0.2, 0.25) is 0 Å². The van der Waals surface area contributed by atoms with Crippen molar-refractivity contribution in [2.75, 3.05) is 39.8 Å². The summed E-state index contributed by atoms with van der Waals surface area (Å²) in [6.45, 7) is 4.42. The predicted octanol–water partition coefficient (Wildman–Crippen LogP) is -0.802. The van der Waals surface area contributed by atoms with E-state index >= 15 is 0 Å². The van der Waals surface area contributed by atoms with E-state index in [4.69, 9.17) is 15.2 Å². The number of hydrogen-bond acceptors (Lipinski definition) is 5. The van der Waals surface area contributed by atoms with Crippen molar-refractivity contribution >= 4 is 11.8 Å². The summed E-state index contributed by atoms with van der Waals surface area (Å²) in [6.07, 6.45) is 1.50. The smallest absolute Gasteiger partial charge is 0.251 e. The molecule has 0 aromatic heterocycles. The summed E-state index contributed by atoms with van der Waals surface area (Å²) in [5.74, 6) is -0.306. The highest BCUT2D eigenvalue weighted by Gasteiger charge is 2.34.